The summed E-state index contributed by atoms with van der Waals surface area (Å²) >= 11 is 0. The number of carbonyl (C=O) groups excluding carboxylic acids is 1. The van der Waals surface area contributed by atoms with Crippen LogP contribution < -0.4 is 0 Å². The van der Waals surface area contributed by atoms with Crippen LogP contribution in [0.2, 0.25) is 0 Å². The fourth-order valence-electron chi connectivity index (χ4n) is 3.89. The number of carbonyl (C=O) groups is 1. The molecule has 6 nitrogen and oxygen atoms in total. The first-order chi connectivity index (χ1) is 15.2. The second kappa shape index (κ2) is 8.20. The van der Waals surface area contributed by atoms with Crippen molar-refractivity contribution in [2.45, 2.75) is 6.10 Å². The van der Waals surface area contributed by atoms with Crippen LogP contribution in [0.15, 0.2) is 85.3 Å². The van der Waals surface area contributed by atoms with E-state index in [1.165, 1.54) is 16.9 Å². The second-order valence-electron chi connectivity index (χ2n) is 7.36. The molecule has 4 aromatic rings. The average molecular weight is 416 g/mol. The first-order valence-electron chi connectivity index (χ1n) is 10.1. The molecule has 1 fully saturated rings. The van der Waals surface area contributed by atoms with Crippen molar-refractivity contribution >= 4 is 5.91 Å². The van der Waals surface area contributed by atoms with Crippen LogP contribution in [-0.4, -0.2) is 44.9 Å². The summed E-state index contributed by atoms with van der Waals surface area (Å²) in [6.45, 7) is 1.38. The standard InChI is InChI=1S/C24H21FN4O2/c25-20-10-4-5-11-21(20)29-23(27-12-6-7-13-27)19(16-26-29)24(30)28-14-15-31-22(17-28)18-8-2-1-3-9-18/h1-13,16,22H,14-15,17H2/t22-/m1/s1. The lowest BCUT2D eigenvalue weighted by Crippen LogP contribution is -2.42. The van der Waals surface area contributed by atoms with E-state index in [0.29, 0.717) is 31.1 Å². The zero-order chi connectivity index (χ0) is 21.2. The van der Waals surface area contributed by atoms with Crippen molar-refractivity contribution in [2.24, 2.45) is 0 Å². The SMILES string of the molecule is O=C(c1cnn(-c2ccccc2F)c1-n1cccc1)N1CCO[C@@H](c2ccccc2)C1. The first kappa shape index (κ1) is 19.3. The first-order valence-corrected chi connectivity index (χ1v) is 10.1. The number of hydrogen-bond acceptors (Lipinski definition) is 3. The third kappa shape index (κ3) is 3.64. The van der Waals surface area contributed by atoms with Gasteiger partial charge in [0.05, 0.1) is 19.3 Å². The number of ether oxygens (including phenoxy) is 1. The summed E-state index contributed by atoms with van der Waals surface area (Å²) in [6.07, 6.45) is 4.96. The molecule has 7 heteroatoms. The van der Waals surface area contributed by atoms with E-state index in [2.05, 4.69) is 5.10 Å². The summed E-state index contributed by atoms with van der Waals surface area (Å²) in [4.78, 5) is 15.3. The van der Waals surface area contributed by atoms with Gasteiger partial charge in [0.25, 0.3) is 5.91 Å². The summed E-state index contributed by atoms with van der Waals surface area (Å²) in [5.74, 6) is -0.0631. The summed E-state index contributed by atoms with van der Waals surface area (Å²) in [5, 5.41) is 4.37. The molecule has 1 aliphatic heterocycles. The predicted octanol–water partition coefficient (Wildman–Crippen LogP) is 4.02. The van der Waals surface area contributed by atoms with Crippen molar-refractivity contribution in [3.63, 3.8) is 0 Å². The molecule has 1 aliphatic rings. The molecule has 0 radical (unpaired) electrons. The van der Waals surface area contributed by atoms with Gasteiger partial charge in [-0.25, -0.2) is 9.07 Å². The average Bonchev–Trinajstić information content (AvgIpc) is 3.49. The van der Waals surface area contributed by atoms with E-state index in [-0.39, 0.29) is 17.7 Å². The van der Waals surface area contributed by atoms with Gasteiger partial charge < -0.3 is 14.2 Å². The van der Waals surface area contributed by atoms with Gasteiger partial charge in [-0.05, 0) is 29.8 Å². The summed E-state index contributed by atoms with van der Waals surface area (Å²) in [6, 6.07) is 20.0. The number of nitrogens with zero attached hydrogens (tertiary/aromatic N) is 4. The fourth-order valence-corrected chi connectivity index (χ4v) is 3.89. The lowest BCUT2D eigenvalue weighted by atomic mass is 10.1. The highest BCUT2D eigenvalue weighted by molar-refractivity contribution is 5.97. The third-order valence-electron chi connectivity index (χ3n) is 5.43. The molecule has 0 unspecified atom stereocenters. The van der Waals surface area contributed by atoms with E-state index in [4.69, 9.17) is 4.74 Å². The van der Waals surface area contributed by atoms with Gasteiger partial charge in [0, 0.05) is 18.9 Å². The van der Waals surface area contributed by atoms with Gasteiger partial charge >= 0.3 is 0 Å². The number of halogens is 1. The molecule has 1 amide bonds. The number of morpholine rings is 1. The minimum absolute atomic E-state index is 0.157. The van der Waals surface area contributed by atoms with E-state index in [1.807, 2.05) is 54.9 Å². The van der Waals surface area contributed by atoms with Crippen molar-refractivity contribution in [3.05, 3.63) is 102 Å². The Labute approximate surface area is 179 Å². The Bertz CT molecular complexity index is 1190. The zero-order valence-corrected chi connectivity index (χ0v) is 16.8. The van der Waals surface area contributed by atoms with Crippen LogP contribution in [0.1, 0.15) is 22.0 Å². The summed E-state index contributed by atoms with van der Waals surface area (Å²) < 4.78 is 23.7. The molecule has 1 atom stereocenters. The molecule has 0 spiro atoms. The fraction of sp³-hybridized carbons (Fsp3) is 0.167. The number of para-hydroxylation sites is 1. The van der Waals surface area contributed by atoms with Crippen LogP contribution in [0.25, 0.3) is 11.5 Å². The van der Waals surface area contributed by atoms with Gasteiger partial charge in [0.1, 0.15) is 23.2 Å². The monoisotopic (exact) mass is 416 g/mol. The Hall–Kier alpha value is -3.71. The minimum atomic E-state index is -0.409. The molecule has 1 saturated heterocycles. The molecule has 31 heavy (non-hydrogen) atoms. The van der Waals surface area contributed by atoms with E-state index < -0.39 is 5.82 Å². The topological polar surface area (TPSA) is 52.3 Å². The van der Waals surface area contributed by atoms with Crippen molar-refractivity contribution in [3.8, 4) is 11.5 Å². The Balaban J connectivity index is 1.51. The lowest BCUT2D eigenvalue weighted by molar-refractivity contribution is -0.0228. The maximum Gasteiger partial charge on any atom is 0.259 e. The lowest BCUT2D eigenvalue weighted by Gasteiger charge is -2.33. The van der Waals surface area contributed by atoms with Crippen LogP contribution in [0, 0.1) is 5.82 Å². The molecule has 3 heterocycles. The van der Waals surface area contributed by atoms with Crippen LogP contribution >= 0.6 is 0 Å². The Morgan fingerprint density at radius 3 is 2.52 bits per heavy atom. The largest absolute Gasteiger partial charge is 0.370 e. The van der Waals surface area contributed by atoms with Gasteiger partial charge in [-0.2, -0.15) is 5.10 Å². The summed E-state index contributed by atoms with van der Waals surface area (Å²) in [7, 11) is 0. The smallest absolute Gasteiger partial charge is 0.259 e. The van der Waals surface area contributed by atoms with E-state index in [1.54, 1.807) is 27.7 Å². The molecule has 2 aromatic carbocycles. The third-order valence-corrected chi connectivity index (χ3v) is 5.43. The van der Waals surface area contributed by atoms with Crippen LogP contribution in [0.5, 0.6) is 0 Å². The molecule has 0 N–H and O–H groups in total. The molecule has 0 bridgehead atoms. The van der Waals surface area contributed by atoms with Gasteiger partial charge in [-0.15, -0.1) is 0 Å². The van der Waals surface area contributed by atoms with Crippen LogP contribution in [0.3, 0.4) is 0 Å². The van der Waals surface area contributed by atoms with Crippen LogP contribution in [0.4, 0.5) is 4.39 Å². The van der Waals surface area contributed by atoms with E-state index >= 15 is 0 Å². The summed E-state index contributed by atoms with van der Waals surface area (Å²) in [5.41, 5.74) is 1.73. The number of aromatic nitrogens is 3. The molecule has 2 aromatic heterocycles. The normalized spacial score (nSPS) is 16.4. The molecule has 5 rings (SSSR count). The number of rotatable bonds is 4. The quantitative estimate of drug-likeness (QED) is 0.505. The zero-order valence-electron chi connectivity index (χ0n) is 16.8. The highest BCUT2D eigenvalue weighted by Gasteiger charge is 2.30. The Kier molecular flexibility index (Phi) is 5.09. The highest BCUT2D eigenvalue weighted by Crippen LogP contribution is 2.26. The molecular weight excluding hydrogens is 395 g/mol. The van der Waals surface area contributed by atoms with Crippen LogP contribution in [-0.2, 0) is 4.74 Å². The van der Waals surface area contributed by atoms with Gasteiger partial charge in [0.15, 0.2) is 5.82 Å². The molecule has 0 aliphatic carbocycles. The van der Waals surface area contributed by atoms with Gasteiger partial charge in [-0.1, -0.05) is 42.5 Å². The number of amides is 1. The maximum absolute atomic E-state index is 14.5. The highest BCUT2D eigenvalue weighted by atomic mass is 19.1. The van der Waals surface area contributed by atoms with E-state index in [0.717, 1.165) is 5.56 Å². The van der Waals surface area contributed by atoms with Crippen molar-refractivity contribution in [2.75, 3.05) is 19.7 Å². The van der Waals surface area contributed by atoms with Crippen molar-refractivity contribution < 1.29 is 13.9 Å². The molecule has 156 valence electrons. The van der Waals surface area contributed by atoms with Crippen molar-refractivity contribution in [1.82, 2.24) is 19.2 Å². The number of benzene rings is 2. The van der Waals surface area contributed by atoms with E-state index in [9.17, 15) is 9.18 Å². The minimum Gasteiger partial charge on any atom is -0.370 e. The van der Waals surface area contributed by atoms with Gasteiger partial charge in [-0.3, -0.25) is 4.79 Å². The molecule has 0 saturated carbocycles. The predicted molar refractivity (Wildman–Crippen MR) is 114 cm³/mol. The maximum atomic E-state index is 14.5. The molecular formula is C24H21FN4O2. The number of hydrogen-bond donors (Lipinski definition) is 0. The Morgan fingerprint density at radius 1 is 1.00 bits per heavy atom. The Morgan fingerprint density at radius 2 is 1.74 bits per heavy atom. The van der Waals surface area contributed by atoms with Gasteiger partial charge in [0.2, 0.25) is 0 Å². The second-order valence-corrected chi connectivity index (χ2v) is 7.36. The van der Waals surface area contributed by atoms with Crippen molar-refractivity contribution in [1.29, 1.82) is 0 Å².